The van der Waals surface area contributed by atoms with Crippen LogP contribution in [0.4, 0.5) is 5.82 Å². The maximum Gasteiger partial charge on any atom is 0.303 e. The highest BCUT2D eigenvalue weighted by molar-refractivity contribution is 5.68. The van der Waals surface area contributed by atoms with Crippen molar-refractivity contribution in [2.75, 3.05) is 5.73 Å². The van der Waals surface area contributed by atoms with Gasteiger partial charge in [-0.3, -0.25) is 4.79 Å². The number of rotatable bonds is 6. The van der Waals surface area contributed by atoms with Crippen molar-refractivity contribution >= 4 is 11.8 Å². The lowest BCUT2D eigenvalue weighted by molar-refractivity contribution is -0.136. The Balaban J connectivity index is 2.34. The van der Waals surface area contributed by atoms with Gasteiger partial charge in [-0.05, 0) is 18.1 Å². The number of nitrogens with two attached hydrogens (primary N) is 1. The average molecular weight is 272 g/mol. The number of hydrogen-bond acceptors (Lipinski definition) is 4. The zero-order valence-corrected chi connectivity index (χ0v) is 11.0. The van der Waals surface area contributed by atoms with Gasteiger partial charge in [-0.1, -0.05) is 12.1 Å². The van der Waals surface area contributed by atoms with Gasteiger partial charge >= 0.3 is 5.97 Å². The van der Waals surface area contributed by atoms with Crippen LogP contribution in [0.15, 0.2) is 37.3 Å². The van der Waals surface area contributed by atoms with E-state index in [1.807, 2.05) is 10.8 Å². The fourth-order valence-corrected chi connectivity index (χ4v) is 1.90. The molecule has 6 nitrogen and oxygen atoms in total. The van der Waals surface area contributed by atoms with Gasteiger partial charge in [0.15, 0.2) is 0 Å². The summed E-state index contributed by atoms with van der Waals surface area (Å²) in [6.45, 7) is 4.32. The number of aryl methyl sites for hydroxylation is 1. The fraction of sp³-hybridized carbons (Fsp3) is 0.214. The maximum absolute atomic E-state index is 10.7. The quantitative estimate of drug-likeness (QED) is 0.781. The van der Waals surface area contributed by atoms with E-state index in [-0.39, 0.29) is 6.42 Å². The van der Waals surface area contributed by atoms with Crippen molar-refractivity contribution in [3.8, 4) is 11.4 Å². The van der Waals surface area contributed by atoms with Crippen molar-refractivity contribution in [1.82, 2.24) is 14.5 Å². The highest BCUT2D eigenvalue weighted by Gasteiger charge is 2.11. The molecule has 3 N–H and O–H groups in total. The molecule has 0 aliphatic heterocycles. The van der Waals surface area contributed by atoms with Gasteiger partial charge in [0.1, 0.15) is 11.5 Å². The lowest BCUT2D eigenvalue weighted by atomic mass is 10.1. The number of anilines is 1. The Hall–Kier alpha value is -2.63. The van der Waals surface area contributed by atoms with Crippen molar-refractivity contribution in [2.24, 2.45) is 0 Å². The van der Waals surface area contributed by atoms with E-state index in [0.29, 0.717) is 30.2 Å². The second-order valence-electron chi connectivity index (χ2n) is 4.38. The number of imidazole rings is 1. The van der Waals surface area contributed by atoms with Crippen LogP contribution in [-0.4, -0.2) is 25.6 Å². The molecular formula is C14H16N4O2. The molecule has 2 heterocycles. The predicted molar refractivity (Wildman–Crippen MR) is 76.0 cm³/mol. The standard InChI is InChI=1S/C14H16N4O2/c1-2-7-18-8-11(16-9-18)14-10(4-6-13(19)20)3-5-12(15)17-14/h2-3,5,8-9H,1,4,6-7H2,(H2,15,17)(H,19,20). The van der Waals surface area contributed by atoms with Gasteiger partial charge in [0, 0.05) is 19.2 Å². The number of carboxylic acid groups (broad SMARTS) is 1. The Labute approximate surface area is 116 Å². The van der Waals surface area contributed by atoms with Crippen LogP contribution in [0.2, 0.25) is 0 Å². The molecule has 2 aromatic heterocycles. The zero-order chi connectivity index (χ0) is 14.5. The molecule has 0 fully saturated rings. The summed E-state index contributed by atoms with van der Waals surface area (Å²) in [5.74, 6) is -0.456. The number of carbonyl (C=O) groups is 1. The number of pyridine rings is 1. The van der Waals surface area contributed by atoms with Crippen LogP contribution < -0.4 is 5.73 Å². The lowest BCUT2D eigenvalue weighted by Crippen LogP contribution is -2.02. The number of nitrogens with zero attached hydrogens (tertiary/aromatic N) is 3. The average Bonchev–Trinajstić information content (AvgIpc) is 2.86. The third-order valence-electron chi connectivity index (χ3n) is 2.82. The summed E-state index contributed by atoms with van der Waals surface area (Å²) in [5.41, 5.74) is 7.85. The molecule has 0 unspecified atom stereocenters. The summed E-state index contributed by atoms with van der Waals surface area (Å²) >= 11 is 0. The number of allylic oxidation sites excluding steroid dienone is 1. The van der Waals surface area contributed by atoms with Gasteiger partial charge in [0.05, 0.1) is 12.0 Å². The molecule has 0 amide bonds. The summed E-state index contributed by atoms with van der Waals surface area (Å²) in [6.07, 6.45) is 5.73. The molecule has 104 valence electrons. The van der Waals surface area contributed by atoms with Gasteiger partial charge in [-0.2, -0.15) is 0 Å². The molecule has 6 heteroatoms. The number of hydrogen-bond donors (Lipinski definition) is 2. The summed E-state index contributed by atoms with van der Waals surface area (Å²) in [4.78, 5) is 19.3. The van der Waals surface area contributed by atoms with Crippen molar-refractivity contribution in [3.05, 3.63) is 42.9 Å². The normalized spacial score (nSPS) is 10.4. The summed E-state index contributed by atoms with van der Waals surface area (Å²) in [7, 11) is 0. The number of nitrogen functional groups attached to an aromatic ring is 1. The predicted octanol–water partition coefficient (Wildman–Crippen LogP) is 1.73. The molecule has 0 aliphatic rings. The Morgan fingerprint density at radius 1 is 1.50 bits per heavy atom. The molecule has 0 spiro atoms. The molecule has 0 aromatic carbocycles. The highest BCUT2D eigenvalue weighted by Crippen LogP contribution is 2.22. The third-order valence-corrected chi connectivity index (χ3v) is 2.82. The molecular weight excluding hydrogens is 256 g/mol. The topological polar surface area (TPSA) is 94.0 Å². The van der Waals surface area contributed by atoms with Gasteiger partial charge in [0.25, 0.3) is 0 Å². The number of aliphatic carboxylic acids is 1. The van der Waals surface area contributed by atoms with E-state index < -0.39 is 5.97 Å². The van der Waals surface area contributed by atoms with E-state index in [9.17, 15) is 4.79 Å². The minimum absolute atomic E-state index is 0.0476. The summed E-state index contributed by atoms with van der Waals surface area (Å²) in [5, 5.41) is 8.79. The Bertz CT molecular complexity index is 634. The van der Waals surface area contributed by atoms with Crippen LogP contribution in [-0.2, 0) is 17.8 Å². The molecule has 0 saturated heterocycles. The first-order valence-electron chi connectivity index (χ1n) is 6.20. The molecule has 0 aliphatic carbocycles. The van der Waals surface area contributed by atoms with Crippen LogP contribution >= 0.6 is 0 Å². The van der Waals surface area contributed by atoms with Crippen LogP contribution in [0.1, 0.15) is 12.0 Å². The van der Waals surface area contributed by atoms with Crippen LogP contribution in [0.5, 0.6) is 0 Å². The van der Waals surface area contributed by atoms with E-state index in [0.717, 1.165) is 5.56 Å². The number of aromatic nitrogens is 3. The van der Waals surface area contributed by atoms with Gasteiger partial charge in [-0.15, -0.1) is 6.58 Å². The van der Waals surface area contributed by atoms with Crippen LogP contribution in [0.3, 0.4) is 0 Å². The first-order valence-corrected chi connectivity index (χ1v) is 6.20. The number of carboxylic acids is 1. The first-order chi connectivity index (χ1) is 9.60. The third kappa shape index (κ3) is 3.23. The second kappa shape index (κ2) is 6.01. The Kier molecular flexibility index (Phi) is 4.14. The molecule has 0 bridgehead atoms. The Morgan fingerprint density at radius 3 is 3.00 bits per heavy atom. The Morgan fingerprint density at radius 2 is 2.30 bits per heavy atom. The van der Waals surface area contributed by atoms with Crippen LogP contribution in [0.25, 0.3) is 11.4 Å². The summed E-state index contributed by atoms with van der Waals surface area (Å²) in [6, 6.07) is 3.47. The SMILES string of the molecule is C=CCn1cnc(-c2nc(N)ccc2CCC(=O)O)c1. The molecule has 2 aromatic rings. The van der Waals surface area contributed by atoms with Crippen molar-refractivity contribution in [2.45, 2.75) is 19.4 Å². The molecule has 20 heavy (non-hydrogen) atoms. The molecule has 0 radical (unpaired) electrons. The van der Waals surface area contributed by atoms with E-state index in [4.69, 9.17) is 10.8 Å². The minimum atomic E-state index is -0.843. The van der Waals surface area contributed by atoms with Gasteiger partial charge < -0.3 is 15.4 Å². The van der Waals surface area contributed by atoms with E-state index >= 15 is 0 Å². The highest BCUT2D eigenvalue weighted by atomic mass is 16.4. The van der Waals surface area contributed by atoms with E-state index in [2.05, 4.69) is 16.5 Å². The van der Waals surface area contributed by atoms with Crippen molar-refractivity contribution in [3.63, 3.8) is 0 Å². The molecule has 0 saturated carbocycles. The molecule has 0 atom stereocenters. The van der Waals surface area contributed by atoms with Crippen molar-refractivity contribution in [1.29, 1.82) is 0 Å². The molecule has 2 rings (SSSR count). The van der Waals surface area contributed by atoms with Crippen LogP contribution in [0, 0.1) is 0 Å². The van der Waals surface area contributed by atoms with Crippen molar-refractivity contribution < 1.29 is 9.90 Å². The maximum atomic E-state index is 10.7. The zero-order valence-electron chi connectivity index (χ0n) is 11.0. The van der Waals surface area contributed by atoms with E-state index in [1.54, 1.807) is 24.5 Å². The minimum Gasteiger partial charge on any atom is -0.481 e. The van der Waals surface area contributed by atoms with E-state index in [1.165, 1.54) is 0 Å². The van der Waals surface area contributed by atoms with Gasteiger partial charge in [-0.25, -0.2) is 9.97 Å². The fourth-order valence-electron chi connectivity index (χ4n) is 1.90. The summed E-state index contributed by atoms with van der Waals surface area (Å²) < 4.78 is 1.87. The van der Waals surface area contributed by atoms with Gasteiger partial charge in [0.2, 0.25) is 0 Å². The largest absolute Gasteiger partial charge is 0.481 e. The first kappa shape index (κ1) is 13.8. The lowest BCUT2D eigenvalue weighted by Gasteiger charge is -2.06. The smallest absolute Gasteiger partial charge is 0.303 e. The monoisotopic (exact) mass is 272 g/mol. The second-order valence-corrected chi connectivity index (χ2v) is 4.38.